The van der Waals surface area contributed by atoms with Crippen LogP contribution in [-0.4, -0.2) is 11.6 Å². The first kappa shape index (κ1) is 7.07. The molecule has 1 aliphatic rings. The summed E-state index contributed by atoms with van der Waals surface area (Å²) < 4.78 is 0. The molecule has 0 aromatic carbocycles. The van der Waals surface area contributed by atoms with Crippen LogP contribution in [-0.2, 0) is 0 Å². The van der Waals surface area contributed by atoms with E-state index in [0.29, 0.717) is 5.54 Å². The van der Waals surface area contributed by atoms with E-state index in [1.807, 2.05) is 0 Å². The number of nitrogens with one attached hydrogen (secondary N) is 1. The lowest BCUT2D eigenvalue weighted by molar-refractivity contribution is 0.154. The second kappa shape index (κ2) is 2.30. The van der Waals surface area contributed by atoms with Gasteiger partial charge in [-0.15, -0.1) is 0 Å². The molecular formula is C8H17N. The zero-order valence-corrected chi connectivity index (χ0v) is 6.70. The first-order valence-corrected chi connectivity index (χ1v) is 3.94. The third-order valence-corrected chi connectivity index (χ3v) is 2.15. The molecule has 1 saturated heterocycles. The fourth-order valence-corrected chi connectivity index (χ4v) is 1.98. The van der Waals surface area contributed by atoms with Crippen molar-refractivity contribution in [2.75, 3.05) is 0 Å². The molecule has 1 aliphatic heterocycles. The predicted octanol–water partition coefficient (Wildman–Crippen LogP) is 1.93. The Balaban J connectivity index is 2.23. The van der Waals surface area contributed by atoms with E-state index in [1.165, 1.54) is 19.3 Å². The van der Waals surface area contributed by atoms with Gasteiger partial charge in [-0.05, 0) is 26.7 Å². The minimum atomic E-state index is 0.494. The summed E-state index contributed by atoms with van der Waals surface area (Å²) in [5, 5.41) is 3.52. The molecule has 9 heavy (non-hydrogen) atoms. The van der Waals surface area contributed by atoms with Crippen molar-refractivity contribution in [3.05, 3.63) is 0 Å². The summed E-state index contributed by atoms with van der Waals surface area (Å²) in [6, 6.07) is 0.765. The van der Waals surface area contributed by atoms with E-state index in [9.17, 15) is 0 Å². The summed E-state index contributed by atoms with van der Waals surface area (Å²) >= 11 is 0. The first-order valence-electron chi connectivity index (χ1n) is 3.94. The summed E-state index contributed by atoms with van der Waals surface area (Å²) in [6.07, 6.45) is 3.99. The van der Waals surface area contributed by atoms with Gasteiger partial charge in [-0.3, -0.25) is 0 Å². The number of hydrogen-bond donors (Lipinski definition) is 1. The molecule has 0 bridgehead atoms. The molecule has 2 unspecified atom stereocenters. The van der Waals surface area contributed by atoms with Crippen LogP contribution in [0.1, 0.15) is 40.0 Å². The highest BCUT2D eigenvalue weighted by atomic mass is 15.1. The SMILES string of the molecule is CCCC1(C)CC(C)N1. The smallest absolute Gasteiger partial charge is 0.0170 e. The van der Waals surface area contributed by atoms with E-state index in [2.05, 4.69) is 26.1 Å². The molecule has 1 heteroatoms. The van der Waals surface area contributed by atoms with Crippen molar-refractivity contribution < 1.29 is 0 Å². The average molecular weight is 127 g/mol. The van der Waals surface area contributed by atoms with Crippen molar-refractivity contribution >= 4 is 0 Å². The molecule has 1 nitrogen and oxygen atoms in total. The molecule has 0 amide bonds. The lowest BCUT2D eigenvalue weighted by Gasteiger charge is -2.45. The molecular weight excluding hydrogens is 110 g/mol. The van der Waals surface area contributed by atoms with Crippen LogP contribution in [0.4, 0.5) is 0 Å². The quantitative estimate of drug-likeness (QED) is 0.597. The molecule has 1 heterocycles. The lowest BCUT2D eigenvalue weighted by atomic mass is 9.81. The Morgan fingerprint density at radius 2 is 2.22 bits per heavy atom. The summed E-state index contributed by atoms with van der Waals surface area (Å²) in [4.78, 5) is 0. The van der Waals surface area contributed by atoms with Crippen LogP contribution in [0.3, 0.4) is 0 Å². The Morgan fingerprint density at radius 3 is 2.56 bits per heavy atom. The van der Waals surface area contributed by atoms with E-state index in [0.717, 1.165) is 6.04 Å². The van der Waals surface area contributed by atoms with Gasteiger partial charge in [0.25, 0.3) is 0 Å². The van der Waals surface area contributed by atoms with E-state index in [4.69, 9.17) is 0 Å². The highest BCUT2D eigenvalue weighted by Crippen LogP contribution is 2.27. The van der Waals surface area contributed by atoms with Gasteiger partial charge in [0.2, 0.25) is 0 Å². The van der Waals surface area contributed by atoms with E-state index < -0.39 is 0 Å². The molecule has 0 saturated carbocycles. The third-order valence-electron chi connectivity index (χ3n) is 2.15. The Morgan fingerprint density at radius 1 is 1.67 bits per heavy atom. The zero-order valence-electron chi connectivity index (χ0n) is 6.70. The highest BCUT2D eigenvalue weighted by Gasteiger charge is 2.35. The van der Waals surface area contributed by atoms with Crippen LogP contribution in [0, 0.1) is 0 Å². The molecule has 1 fully saturated rings. The molecule has 0 aliphatic carbocycles. The largest absolute Gasteiger partial charge is 0.309 e. The van der Waals surface area contributed by atoms with E-state index >= 15 is 0 Å². The monoisotopic (exact) mass is 127 g/mol. The third kappa shape index (κ3) is 1.45. The minimum Gasteiger partial charge on any atom is -0.309 e. The molecule has 1 N–H and O–H groups in total. The fraction of sp³-hybridized carbons (Fsp3) is 1.00. The van der Waals surface area contributed by atoms with Crippen LogP contribution >= 0.6 is 0 Å². The Labute approximate surface area is 57.8 Å². The van der Waals surface area contributed by atoms with E-state index in [-0.39, 0.29) is 0 Å². The highest BCUT2D eigenvalue weighted by molar-refractivity contribution is 4.97. The van der Waals surface area contributed by atoms with Crippen molar-refractivity contribution in [2.45, 2.75) is 51.6 Å². The topological polar surface area (TPSA) is 12.0 Å². The Hall–Kier alpha value is -0.0400. The molecule has 2 atom stereocenters. The Kier molecular flexibility index (Phi) is 1.80. The van der Waals surface area contributed by atoms with Gasteiger partial charge in [0, 0.05) is 11.6 Å². The number of rotatable bonds is 2. The van der Waals surface area contributed by atoms with Crippen molar-refractivity contribution in [3.8, 4) is 0 Å². The van der Waals surface area contributed by atoms with Crippen LogP contribution in [0.5, 0.6) is 0 Å². The summed E-state index contributed by atoms with van der Waals surface area (Å²) in [6.45, 7) is 6.81. The van der Waals surface area contributed by atoms with Gasteiger partial charge in [0.05, 0.1) is 0 Å². The molecule has 0 radical (unpaired) electrons. The van der Waals surface area contributed by atoms with Crippen LogP contribution in [0.15, 0.2) is 0 Å². The second-order valence-corrected chi connectivity index (χ2v) is 3.56. The summed E-state index contributed by atoms with van der Waals surface area (Å²) in [5.41, 5.74) is 0.494. The fourth-order valence-electron chi connectivity index (χ4n) is 1.98. The zero-order chi connectivity index (χ0) is 6.91. The standard InChI is InChI=1S/C8H17N/c1-4-5-8(3)6-7(2)9-8/h7,9H,4-6H2,1-3H3. The summed E-state index contributed by atoms with van der Waals surface area (Å²) in [7, 11) is 0. The van der Waals surface area contributed by atoms with Crippen LogP contribution in [0.25, 0.3) is 0 Å². The van der Waals surface area contributed by atoms with Crippen molar-refractivity contribution in [1.29, 1.82) is 0 Å². The molecule has 0 aromatic heterocycles. The van der Waals surface area contributed by atoms with Gasteiger partial charge in [-0.2, -0.15) is 0 Å². The molecule has 0 spiro atoms. The predicted molar refractivity (Wildman–Crippen MR) is 40.5 cm³/mol. The molecule has 0 aromatic rings. The van der Waals surface area contributed by atoms with E-state index in [1.54, 1.807) is 0 Å². The normalized spacial score (nSPS) is 42.3. The van der Waals surface area contributed by atoms with Gasteiger partial charge in [-0.25, -0.2) is 0 Å². The molecule has 54 valence electrons. The van der Waals surface area contributed by atoms with Gasteiger partial charge < -0.3 is 5.32 Å². The van der Waals surface area contributed by atoms with Crippen molar-refractivity contribution in [2.24, 2.45) is 0 Å². The van der Waals surface area contributed by atoms with Gasteiger partial charge in [0.1, 0.15) is 0 Å². The van der Waals surface area contributed by atoms with Gasteiger partial charge in [-0.1, -0.05) is 13.3 Å². The maximum atomic E-state index is 3.52. The maximum Gasteiger partial charge on any atom is 0.0170 e. The minimum absolute atomic E-state index is 0.494. The average Bonchev–Trinajstić information content (AvgIpc) is 1.62. The Bertz CT molecular complexity index is 87.2. The summed E-state index contributed by atoms with van der Waals surface area (Å²) in [5.74, 6) is 0. The first-order chi connectivity index (χ1) is 4.16. The van der Waals surface area contributed by atoms with Gasteiger partial charge >= 0.3 is 0 Å². The van der Waals surface area contributed by atoms with Crippen LogP contribution < -0.4 is 5.32 Å². The van der Waals surface area contributed by atoms with Crippen molar-refractivity contribution in [3.63, 3.8) is 0 Å². The van der Waals surface area contributed by atoms with Crippen molar-refractivity contribution in [1.82, 2.24) is 5.32 Å². The molecule has 1 rings (SSSR count). The van der Waals surface area contributed by atoms with Gasteiger partial charge in [0.15, 0.2) is 0 Å². The lowest BCUT2D eigenvalue weighted by Crippen LogP contribution is -2.60. The number of hydrogen-bond acceptors (Lipinski definition) is 1. The second-order valence-electron chi connectivity index (χ2n) is 3.56. The van der Waals surface area contributed by atoms with Crippen LogP contribution in [0.2, 0.25) is 0 Å². The maximum absolute atomic E-state index is 3.52.